The predicted molar refractivity (Wildman–Crippen MR) is 104 cm³/mol. The molecule has 1 N–H and O–H groups in total. The van der Waals surface area contributed by atoms with E-state index in [2.05, 4.69) is 34.1 Å². The Morgan fingerprint density at radius 2 is 2.12 bits per heavy atom. The number of aryl methyl sites for hydroxylation is 1. The molecule has 0 bridgehead atoms. The molecule has 1 aromatic carbocycles. The largest absolute Gasteiger partial charge is 0.370 e. The van der Waals surface area contributed by atoms with Gasteiger partial charge in [0.05, 0.1) is 11.4 Å². The summed E-state index contributed by atoms with van der Waals surface area (Å²) in [5.41, 5.74) is 4.88. The van der Waals surface area contributed by atoms with E-state index in [1.165, 1.54) is 49.3 Å². The summed E-state index contributed by atoms with van der Waals surface area (Å²) < 4.78 is 2.09. The van der Waals surface area contributed by atoms with Crippen LogP contribution in [0.4, 0.5) is 5.82 Å². The van der Waals surface area contributed by atoms with E-state index in [1.54, 1.807) is 0 Å². The average molecular weight is 359 g/mol. The number of anilines is 1. The molecular formula is C20H27ClN4. The smallest absolute Gasteiger partial charge is 0.133 e. The van der Waals surface area contributed by atoms with Crippen molar-refractivity contribution in [2.24, 2.45) is 0 Å². The molecule has 2 aliphatic rings. The third-order valence-electron chi connectivity index (χ3n) is 5.57. The number of rotatable bonds is 2. The Morgan fingerprint density at radius 1 is 1.24 bits per heavy atom. The molecule has 3 heterocycles. The van der Waals surface area contributed by atoms with Crippen molar-refractivity contribution in [3.05, 3.63) is 40.0 Å². The Bertz CT molecular complexity index is 767. The van der Waals surface area contributed by atoms with Crippen LogP contribution in [0.25, 0.3) is 5.69 Å². The van der Waals surface area contributed by atoms with Crippen LogP contribution in [-0.2, 0) is 6.42 Å². The molecule has 134 valence electrons. The number of aromatic nitrogens is 2. The third kappa shape index (κ3) is 3.30. The highest BCUT2D eigenvalue weighted by molar-refractivity contribution is 6.31. The minimum absolute atomic E-state index is 0.537. The molecule has 5 heteroatoms. The van der Waals surface area contributed by atoms with E-state index in [1.807, 2.05) is 13.0 Å². The van der Waals surface area contributed by atoms with Gasteiger partial charge in [0.1, 0.15) is 5.82 Å². The Kier molecular flexibility index (Phi) is 4.74. The summed E-state index contributed by atoms with van der Waals surface area (Å²) in [7, 11) is 2.22. The van der Waals surface area contributed by atoms with Crippen molar-refractivity contribution in [1.82, 2.24) is 14.7 Å². The van der Waals surface area contributed by atoms with Crippen LogP contribution < -0.4 is 5.32 Å². The van der Waals surface area contributed by atoms with Gasteiger partial charge >= 0.3 is 0 Å². The van der Waals surface area contributed by atoms with E-state index in [4.69, 9.17) is 16.7 Å². The zero-order chi connectivity index (χ0) is 17.4. The summed E-state index contributed by atoms with van der Waals surface area (Å²) in [6, 6.07) is 6.24. The topological polar surface area (TPSA) is 33.1 Å². The zero-order valence-electron chi connectivity index (χ0n) is 15.2. The molecule has 1 saturated heterocycles. The van der Waals surface area contributed by atoms with Gasteiger partial charge in [-0.3, -0.25) is 0 Å². The van der Waals surface area contributed by atoms with Gasteiger partial charge in [0.25, 0.3) is 0 Å². The Morgan fingerprint density at radius 3 is 2.92 bits per heavy atom. The maximum absolute atomic E-state index is 6.39. The fourth-order valence-electron chi connectivity index (χ4n) is 4.15. The highest BCUT2D eigenvalue weighted by Crippen LogP contribution is 2.36. The monoisotopic (exact) mass is 358 g/mol. The van der Waals surface area contributed by atoms with Gasteiger partial charge in [-0.05, 0) is 70.3 Å². The summed E-state index contributed by atoms with van der Waals surface area (Å²) in [4.78, 5) is 2.44. The highest BCUT2D eigenvalue weighted by Gasteiger charge is 2.28. The van der Waals surface area contributed by atoms with E-state index >= 15 is 0 Å². The molecule has 0 saturated carbocycles. The summed E-state index contributed by atoms with van der Waals surface area (Å²) in [6.07, 6.45) is 6.07. The second-order valence-electron chi connectivity index (χ2n) is 7.54. The normalized spacial score (nSPS) is 21.5. The SMILES string of the molecule is Cc1ccc(-n2nc(C3CCCN(C)C3)c3c2NCCCC3)cc1Cl. The molecule has 1 unspecified atom stereocenters. The van der Waals surface area contributed by atoms with Gasteiger partial charge in [-0.2, -0.15) is 5.10 Å². The lowest BCUT2D eigenvalue weighted by molar-refractivity contribution is 0.247. The highest BCUT2D eigenvalue weighted by atomic mass is 35.5. The van der Waals surface area contributed by atoms with Crippen LogP contribution in [-0.4, -0.2) is 41.4 Å². The molecule has 1 atom stereocenters. The maximum atomic E-state index is 6.39. The number of piperidine rings is 1. The molecule has 0 amide bonds. The first kappa shape index (κ1) is 16.9. The van der Waals surface area contributed by atoms with Crippen LogP contribution in [0.3, 0.4) is 0 Å². The number of benzene rings is 1. The lowest BCUT2D eigenvalue weighted by atomic mass is 9.91. The van der Waals surface area contributed by atoms with Crippen LogP contribution in [0.1, 0.15) is 48.4 Å². The first-order chi connectivity index (χ1) is 12.1. The lowest BCUT2D eigenvalue weighted by Crippen LogP contribution is -2.31. The Hall–Kier alpha value is -1.52. The van der Waals surface area contributed by atoms with Crippen molar-refractivity contribution in [1.29, 1.82) is 0 Å². The van der Waals surface area contributed by atoms with E-state index in [9.17, 15) is 0 Å². The maximum Gasteiger partial charge on any atom is 0.133 e. The number of nitrogens with one attached hydrogen (secondary N) is 1. The van der Waals surface area contributed by atoms with Gasteiger partial charge in [-0.25, -0.2) is 4.68 Å². The third-order valence-corrected chi connectivity index (χ3v) is 5.98. The molecule has 0 aliphatic carbocycles. The summed E-state index contributed by atoms with van der Waals surface area (Å²) in [6.45, 7) is 5.36. The summed E-state index contributed by atoms with van der Waals surface area (Å²) >= 11 is 6.39. The Labute approximate surface area is 155 Å². The molecule has 2 aromatic rings. The van der Waals surface area contributed by atoms with Crippen molar-refractivity contribution in [2.45, 2.75) is 44.9 Å². The molecule has 25 heavy (non-hydrogen) atoms. The number of hydrogen-bond acceptors (Lipinski definition) is 3. The van der Waals surface area contributed by atoms with Gasteiger partial charge in [0, 0.05) is 29.6 Å². The molecule has 1 fully saturated rings. The van der Waals surface area contributed by atoms with Gasteiger partial charge in [-0.15, -0.1) is 0 Å². The lowest BCUT2D eigenvalue weighted by Gasteiger charge is -2.29. The van der Waals surface area contributed by atoms with E-state index in [-0.39, 0.29) is 0 Å². The van der Waals surface area contributed by atoms with Gasteiger partial charge in [0.15, 0.2) is 0 Å². The van der Waals surface area contributed by atoms with E-state index in [0.29, 0.717) is 5.92 Å². The minimum atomic E-state index is 0.537. The first-order valence-electron chi connectivity index (χ1n) is 9.44. The average Bonchev–Trinajstić information content (AvgIpc) is 2.79. The number of likely N-dealkylation sites (tertiary alicyclic amines) is 1. The number of fused-ring (bicyclic) bond motifs is 1. The van der Waals surface area contributed by atoms with Gasteiger partial charge in [-0.1, -0.05) is 17.7 Å². The van der Waals surface area contributed by atoms with Crippen LogP contribution in [0.15, 0.2) is 18.2 Å². The van der Waals surface area contributed by atoms with Gasteiger partial charge < -0.3 is 10.2 Å². The predicted octanol–water partition coefficient (Wildman–Crippen LogP) is 4.39. The van der Waals surface area contributed by atoms with E-state index < -0.39 is 0 Å². The van der Waals surface area contributed by atoms with Crippen LogP contribution in [0, 0.1) is 6.92 Å². The standard InChI is InChI=1S/C20H27ClN4/c1-14-8-9-16(12-18(14)21)25-20-17(7-3-4-10-22-20)19(23-25)15-6-5-11-24(2)13-15/h8-9,12,15,22H,3-7,10-11,13H2,1-2H3. The second-order valence-corrected chi connectivity index (χ2v) is 7.95. The Balaban J connectivity index is 1.80. The van der Waals surface area contributed by atoms with Crippen molar-refractivity contribution in [3.8, 4) is 5.69 Å². The van der Waals surface area contributed by atoms with Crippen LogP contribution >= 0.6 is 11.6 Å². The number of nitrogens with zero attached hydrogens (tertiary/aromatic N) is 3. The van der Waals surface area contributed by atoms with Crippen LogP contribution in [0.2, 0.25) is 5.02 Å². The summed E-state index contributed by atoms with van der Waals surface area (Å²) in [5, 5.41) is 9.54. The van der Waals surface area contributed by atoms with Crippen molar-refractivity contribution < 1.29 is 0 Å². The van der Waals surface area contributed by atoms with E-state index in [0.717, 1.165) is 35.8 Å². The molecule has 0 radical (unpaired) electrons. The number of likely N-dealkylation sites (N-methyl/N-ethyl adjacent to an activating group) is 1. The molecule has 4 rings (SSSR count). The van der Waals surface area contributed by atoms with Crippen LogP contribution in [0.5, 0.6) is 0 Å². The van der Waals surface area contributed by atoms with Gasteiger partial charge in [0.2, 0.25) is 0 Å². The fraction of sp³-hybridized carbons (Fsp3) is 0.550. The first-order valence-corrected chi connectivity index (χ1v) is 9.82. The fourth-order valence-corrected chi connectivity index (χ4v) is 4.32. The minimum Gasteiger partial charge on any atom is -0.370 e. The molecule has 0 spiro atoms. The number of hydrogen-bond donors (Lipinski definition) is 1. The molecule has 2 aliphatic heterocycles. The quantitative estimate of drug-likeness (QED) is 0.864. The number of halogens is 1. The molecule has 1 aromatic heterocycles. The van der Waals surface area contributed by atoms with Crippen molar-refractivity contribution in [2.75, 3.05) is 32.0 Å². The zero-order valence-corrected chi connectivity index (χ0v) is 15.9. The summed E-state index contributed by atoms with van der Waals surface area (Å²) in [5.74, 6) is 1.72. The van der Waals surface area contributed by atoms with Crippen molar-refractivity contribution in [3.63, 3.8) is 0 Å². The second kappa shape index (κ2) is 7.00. The molecule has 4 nitrogen and oxygen atoms in total. The molecular weight excluding hydrogens is 332 g/mol. The van der Waals surface area contributed by atoms with Crippen molar-refractivity contribution >= 4 is 17.4 Å².